The summed E-state index contributed by atoms with van der Waals surface area (Å²) in [5, 5.41) is 5.22. The van der Waals surface area contributed by atoms with E-state index in [0.717, 1.165) is 34.9 Å². The zero-order valence-corrected chi connectivity index (χ0v) is 15.2. The Morgan fingerprint density at radius 3 is 2.31 bits per heavy atom. The van der Waals surface area contributed by atoms with Gasteiger partial charge in [0.05, 0.1) is 5.69 Å². The molecule has 0 aromatic heterocycles. The van der Waals surface area contributed by atoms with Gasteiger partial charge in [-0.1, -0.05) is 62.4 Å². The van der Waals surface area contributed by atoms with Crippen molar-refractivity contribution in [1.82, 2.24) is 0 Å². The number of amides is 1. The van der Waals surface area contributed by atoms with Crippen LogP contribution >= 0.6 is 0 Å². The number of carbonyl (C=O) groups excluding carboxylic acids is 1. The first-order valence-corrected chi connectivity index (χ1v) is 9.23. The molecule has 0 atom stereocenters. The van der Waals surface area contributed by atoms with Gasteiger partial charge in [-0.2, -0.15) is 0 Å². The fraction of sp³-hybridized carbons (Fsp3) is 0.261. The van der Waals surface area contributed by atoms with Crippen molar-refractivity contribution in [3.05, 3.63) is 66.2 Å². The van der Waals surface area contributed by atoms with Gasteiger partial charge in [-0.25, -0.2) is 4.79 Å². The molecule has 0 saturated carbocycles. The Hall–Kier alpha value is -2.81. The smallest absolute Gasteiger partial charge is 0.411 e. The molecular formula is C23H23NO2. The van der Waals surface area contributed by atoms with Crippen LogP contribution in [0.5, 0.6) is 0 Å². The van der Waals surface area contributed by atoms with Crippen LogP contribution in [-0.2, 0) is 10.2 Å². The van der Waals surface area contributed by atoms with Crippen molar-refractivity contribution in [2.24, 2.45) is 0 Å². The maximum atomic E-state index is 12.4. The summed E-state index contributed by atoms with van der Waals surface area (Å²) >= 11 is 0. The first kappa shape index (κ1) is 16.6. The lowest BCUT2D eigenvalue weighted by atomic mass is 9.73. The fourth-order valence-electron chi connectivity index (χ4n) is 4.01. The van der Waals surface area contributed by atoms with Crippen LogP contribution in [0.2, 0.25) is 0 Å². The summed E-state index contributed by atoms with van der Waals surface area (Å²) < 4.78 is 5.64. The molecule has 0 spiro atoms. The Morgan fingerprint density at radius 1 is 0.923 bits per heavy atom. The fourth-order valence-corrected chi connectivity index (χ4v) is 4.01. The van der Waals surface area contributed by atoms with Gasteiger partial charge < -0.3 is 4.74 Å². The van der Waals surface area contributed by atoms with Crippen LogP contribution in [0.4, 0.5) is 10.5 Å². The average molecular weight is 345 g/mol. The van der Waals surface area contributed by atoms with E-state index in [1.807, 2.05) is 18.2 Å². The molecule has 1 amide bonds. The maximum Gasteiger partial charge on any atom is 0.411 e. The number of hydrogen-bond donors (Lipinski definition) is 1. The van der Waals surface area contributed by atoms with Gasteiger partial charge in [0, 0.05) is 11.0 Å². The number of anilines is 1. The molecule has 1 aliphatic heterocycles. The second kappa shape index (κ2) is 6.49. The third kappa shape index (κ3) is 2.64. The maximum absolute atomic E-state index is 12.4. The Bertz CT molecular complexity index is 973. The van der Waals surface area contributed by atoms with E-state index in [-0.39, 0.29) is 11.5 Å². The van der Waals surface area contributed by atoms with Gasteiger partial charge in [0.1, 0.15) is 6.61 Å². The van der Waals surface area contributed by atoms with Crippen molar-refractivity contribution in [3.63, 3.8) is 0 Å². The van der Waals surface area contributed by atoms with Crippen molar-refractivity contribution in [2.45, 2.75) is 32.1 Å². The lowest BCUT2D eigenvalue weighted by Gasteiger charge is -2.33. The van der Waals surface area contributed by atoms with Crippen molar-refractivity contribution in [3.8, 4) is 11.1 Å². The molecular weight excluding hydrogens is 322 g/mol. The standard InChI is InChI=1S/C23H23NO2/c1-3-23(4-2)15-26-22(25)24-21-14-17-10-6-5-9-16(17)13-19(21)18-11-7-8-12-20(18)23/h5-14H,3-4,15H2,1-2H3,(H,24,25). The van der Waals surface area contributed by atoms with E-state index < -0.39 is 0 Å². The minimum absolute atomic E-state index is 0.179. The Labute approximate surface area is 154 Å². The Balaban J connectivity index is 2.05. The second-order valence-electron chi connectivity index (χ2n) is 6.98. The molecule has 0 radical (unpaired) electrons. The van der Waals surface area contributed by atoms with Crippen LogP contribution in [0.25, 0.3) is 21.9 Å². The molecule has 132 valence electrons. The summed E-state index contributed by atoms with van der Waals surface area (Å²) in [5.41, 5.74) is 4.08. The van der Waals surface area contributed by atoms with E-state index in [1.165, 1.54) is 11.1 Å². The molecule has 1 heterocycles. The van der Waals surface area contributed by atoms with Crippen LogP contribution in [0.15, 0.2) is 60.7 Å². The number of cyclic esters (lactones) is 1. The Kier molecular flexibility index (Phi) is 4.15. The highest BCUT2D eigenvalue weighted by Gasteiger charge is 2.34. The molecule has 3 nitrogen and oxygen atoms in total. The van der Waals surface area contributed by atoms with E-state index in [2.05, 4.69) is 61.6 Å². The highest BCUT2D eigenvalue weighted by Crippen LogP contribution is 2.43. The van der Waals surface area contributed by atoms with Crippen molar-refractivity contribution in [2.75, 3.05) is 11.9 Å². The van der Waals surface area contributed by atoms with E-state index in [9.17, 15) is 4.79 Å². The van der Waals surface area contributed by atoms with Gasteiger partial charge in [0.15, 0.2) is 0 Å². The number of fused-ring (bicyclic) bond motifs is 4. The molecule has 0 saturated heterocycles. The van der Waals surface area contributed by atoms with Crippen LogP contribution < -0.4 is 5.32 Å². The molecule has 0 aliphatic carbocycles. The second-order valence-corrected chi connectivity index (χ2v) is 6.98. The molecule has 1 aliphatic rings. The van der Waals surface area contributed by atoms with Gasteiger partial charge >= 0.3 is 6.09 Å². The number of nitrogens with one attached hydrogen (secondary N) is 1. The minimum atomic E-state index is -0.388. The first-order valence-electron chi connectivity index (χ1n) is 9.23. The average Bonchev–Trinajstić information content (AvgIpc) is 2.73. The predicted molar refractivity (Wildman–Crippen MR) is 107 cm³/mol. The quantitative estimate of drug-likeness (QED) is 0.607. The summed E-state index contributed by atoms with van der Waals surface area (Å²) in [4.78, 5) is 12.4. The molecule has 1 N–H and O–H groups in total. The van der Waals surface area contributed by atoms with Crippen molar-refractivity contribution in [1.29, 1.82) is 0 Å². The van der Waals surface area contributed by atoms with Crippen LogP contribution in [0.3, 0.4) is 0 Å². The van der Waals surface area contributed by atoms with Crippen molar-refractivity contribution < 1.29 is 9.53 Å². The molecule has 0 fully saturated rings. The summed E-state index contributed by atoms with van der Waals surface area (Å²) in [6.07, 6.45) is 1.44. The molecule has 3 heteroatoms. The summed E-state index contributed by atoms with van der Waals surface area (Å²) in [7, 11) is 0. The summed E-state index contributed by atoms with van der Waals surface area (Å²) in [5.74, 6) is 0. The number of carbonyl (C=O) groups is 1. The third-order valence-electron chi connectivity index (χ3n) is 5.74. The van der Waals surface area contributed by atoms with Gasteiger partial charge in [-0.15, -0.1) is 0 Å². The summed E-state index contributed by atoms with van der Waals surface area (Å²) in [6.45, 7) is 4.72. The SMILES string of the molecule is CCC1(CC)COC(=O)Nc2cc3ccccc3cc2-c2ccccc21. The lowest BCUT2D eigenvalue weighted by molar-refractivity contribution is 0.123. The largest absolute Gasteiger partial charge is 0.448 e. The van der Waals surface area contributed by atoms with Gasteiger partial charge in [0.25, 0.3) is 0 Å². The third-order valence-corrected chi connectivity index (χ3v) is 5.74. The van der Waals surface area contributed by atoms with E-state index in [0.29, 0.717) is 6.61 Å². The molecule has 3 aromatic carbocycles. The molecule has 4 rings (SSSR count). The highest BCUT2D eigenvalue weighted by atomic mass is 16.5. The van der Waals surface area contributed by atoms with Gasteiger partial charge in [-0.05, 0) is 46.9 Å². The van der Waals surface area contributed by atoms with Crippen LogP contribution in [0, 0.1) is 0 Å². The lowest BCUT2D eigenvalue weighted by Crippen LogP contribution is -2.32. The monoisotopic (exact) mass is 345 g/mol. The van der Waals surface area contributed by atoms with Crippen molar-refractivity contribution >= 4 is 22.6 Å². The van der Waals surface area contributed by atoms with Gasteiger partial charge in [-0.3, -0.25) is 5.32 Å². The van der Waals surface area contributed by atoms with E-state index in [4.69, 9.17) is 4.74 Å². The minimum Gasteiger partial charge on any atom is -0.448 e. The molecule has 0 unspecified atom stereocenters. The molecule has 3 aromatic rings. The normalized spacial score (nSPS) is 15.7. The van der Waals surface area contributed by atoms with E-state index >= 15 is 0 Å². The van der Waals surface area contributed by atoms with Crippen LogP contribution in [0.1, 0.15) is 32.3 Å². The van der Waals surface area contributed by atoms with Crippen LogP contribution in [-0.4, -0.2) is 12.7 Å². The Morgan fingerprint density at radius 2 is 1.58 bits per heavy atom. The highest BCUT2D eigenvalue weighted by molar-refractivity contribution is 6.00. The number of hydrogen-bond acceptors (Lipinski definition) is 2. The molecule has 26 heavy (non-hydrogen) atoms. The first-order chi connectivity index (χ1) is 12.7. The zero-order chi connectivity index (χ0) is 18.1. The predicted octanol–water partition coefficient (Wildman–Crippen LogP) is 6.13. The zero-order valence-electron chi connectivity index (χ0n) is 15.2. The topological polar surface area (TPSA) is 38.3 Å². The molecule has 0 bridgehead atoms. The van der Waals surface area contributed by atoms with E-state index in [1.54, 1.807) is 0 Å². The number of benzene rings is 3. The number of rotatable bonds is 2. The van der Waals surface area contributed by atoms with Gasteiger partial charge in [0.2, 0.25) is 0 Å². The summed E-state index contributed by atoms with van der Waals surface area (Å²) in [6, 6.07) is 20.9. The number of ether oxygens (including phenoxy) is 1.